The van der Waals surface area contributed by atoms with Crippen LogP contribution in [0.25, 0.3) is 0 Å². The smallest absolute Gasteiger partial charge is 0.308 e. The van der Waals surface area contributed by atoms with E-state index in [0.29, 0.717) is 6.42 Å². The van der Waals surface area contributed by atoms with E-state index in [-0.39, 0.29) is 23.3 Å². The molecule has 2 fully saturated rings. The zero-order valence-electron chi connectivity index (χ0n) is 12.7. The highest BCUT2D eigenvalue weighted by Crippen LogP contribution is 2.42. The molecule has 3 unspecified atom stereocenters. The molecule has 3 atom stereocenters. The van der Waals surface area contributed by atoms with Gasteiger partial charge in [0.25, 0.3) is 0 Å². The van der Waals surface area contributed by atoms with Crippen LogP contribution in [-0.2, 0) is 9.59 Å². The van der Waals surface area contributed by atoms with Gasteiger partial charge in [0, 0.05) is 12.0 Å². The van der Waals surface area contributed by atoms with Crippen molar-refractivity contribution in [1.29, 1.82) is 0 Å². The predicted molar refractivity (Wildman–Crippen MR) is 77.3 cm³/mol. The van der Waals surface area contributed by atoms with Crippen molar-refractivity contribution >= 4 is 11.9 Å². The lowest BCUT2D eigenvalue weighted by Crippen LogP contribution is -2.46. The molecule has 0 radical (unpaired) electrons. The zero-order chi connectivity index (χ0) is 14.8. The van der Waals surface area contributed by atoms with E-state index in [1.807, 2.05) is 0 Å². The van der Waals surface area contributed by atoms with Gasteiger partial charge in [-0.25, -0.2) is 0 Å². The number of carboxylic acids is 1. The Morgan fingerprint density at radius 1 is 1.05 bits per heavy atom. The summed E-state index contributed by atoms with van der Waals surface area (Å²) >= 11 is 0. The van der Waals surface area contributed by atoms with Gasteiger partial charge >= 0.3 is 5.97 Å². The van der Waals surface area contributed by atoms with Gasteiger partial charge < -0.3 is 10.4 Å². The summed E-state index contributed by atoms with van der Waals surface area (Å²) in [6.07, 6.45) is 7.65. The van der Waals surface area contributed by atoms with Crippen LogP contribution < -0.4 is 5.32 Å². The number of rotatable bonds is 3. The third-order valence-corrected chi connectivity index (χ3v) is 5.23. The van der Waals surface area contributed by atoms with Crippen LogP contribution in [-0.4, -0.2) is 23.0 Å². The van der Waals surface area contributed by atoms with Gasteiger partial charge in [0.15, 0.2) is 0 Å². The maximum absolute atomic E-state index is 12.5. The Balaban J connectivity index is 2.02. The summed E-state index contributed by atoms with van der Waals surface area (Å²) in [5.41, 5.74) is 0.0491. The molecule has 2 saturated carbocycles. The van der Waals surface area contributed by atoms with E-state index in [1.165, 1.54) is 0 Å². The molecule has 0 aromatic carbocycles. The molecule has 0 aromatic heterocycles. The Bertz CT molecular complexity index is 378. The standard InChI is InChI=1S/C16H27NO3/c1-16(2)10-6-8-12(16)14(18)17-13-9-5-3-4-7-11(13)15(19)20/h11-13H,3-10H2,1-2H3,(H,17,18)(H,19,20). The second-order valence-corrected chi connectivity index (χ2v) is 7.13. The quantitative estimate of drug-likeness (QED) is 0.782. The summed E-state index contributed by atoms with van der Waals surface area (Å²) in [6, 6.07) is -0.182. The van der Waals surface area contributed by atoms with E-state index in [1.54, 1.807) is 0 Å². The van der Waals surface area contributed by atoms with E-state index in [2.05, 4.69) is 19.2 Å². The zero-order valence-corrected chi connectivity index (χ0v) is 12.7. The average Bonchev–Trinajstić information content (AvgIpc) is 2.59. The van der Waals surface area contributed by atoms with Crippen molar-refractivity contribution in [3.8, 4) is 0 Å². The van der Waals surface area contributed by atoms with Crippen LogP contribution in [0.5, 0.6) is 0 Å². The van der Waals surface area contributed by atoms with Gasteiger partial charge in [0.1, 0.15) is 0 Å². The number of nitrogens with one attached hydrogen (secondary N) is 1. The number of aliphatic carboxylic acids is 1. The Hall–Kier alpha value is -1.06. The second kappa shape index (κ2) is 6.15. The van der Waals surface area contributed by atoms with Crippen molar-refractivity contribution < 1.29 is 14.7 Å². The summed E-state index contributed by atoms with van der Waals surface area (Å²) in [5, 5.41) is 12.4. The number of amides is 1. The summed E-state index contributed by atoms with van der Waals surface area (Å²) in [6.45, 7) is 4.29. The van der Waals surface area contributed by atoms with Crippen molar-refractivity contribution in [3.63, 3.8) is 0 Å². The maximum atomic E-state index is 12.5. The van der Waals surface area contributed by atoms with Crippen LogP contribution in [0.4, 0.5) is 0 Å². The molecule has 2 aliphatic carbocycles. The normalized spacial score (nSPS) is 33.4. The highest BCUT2D eigenvalue weighted by Gasteiger charge is 2.41. The maximum Gasteiger partial charge on any atom is 0.308 e. The summed E-state index contributed by atoms with van der Waals surface area (Å²) < 4.78 is 0. The van der Waals surface area contributed by atoms with Crippen molar-refractivity contribution in [2.24, 2.45) is 17.3 Å². The van der Waals surface area contributed by atoms with Gasteiger partial charge in [-0.3, -0.25) is 9.59 Å². The molecule has 0 bridgehead atoms. The second-order valence-electron chi connectivity index (χ2n) is 7.13. The van der Waals surface area contributed by atoms with E-state index < -0.39 is 11.9 Å². The fraction of sp³-hybridized carbons (Fsp3) is 0.875. The van der Waals surface area contributed by atoms with E-state index in [4.69, 9.17) is 0 Å². The van der Waals surface area contributed by atoms with Gasteiger partial charge in [0.05, 0.1) is 5.92 Å². The van der Waals surface area contributed by atoms with Crippen LogP contribution in [0, 0.1) is 17.3 Å². The van der Waals surface area contributed by atoms with Crippen molar-refractivity contribution in [3.05, 3.63) is 0 Å². The molecular formula is C16H27NO3. The Labute approximate surface area is 121 Å². The van der Waals surface area contributed by atoms with Gasteiger partial charge in [-0.05, 0) is 31.1 Å². The molecule has 1 amide bonds. The Morgan fingerprint density at radius 2 is 1.75 bits per heavy atom. The molecule has 0 aliphatic heterocycles. The highest BCUT2D eigenvalue weighted by atomic mass is 16.4. The van der Waals surface area contributed by atoms with Gasteiger partial charge in [-0.1, -0.05) is 39.5 Å². The monoisotopic (exact) mass is 281 g/mol. The highest BCUT2D eigenvalue weighted by molar-refractivity contribution is 5.81. The van der Waals surface area contributed by atoms with E-state index in [9.17, 15) is 14.7 Å². The lowest BCUT2D eigenvalue weighted by atomic mass is 9.81. The molecule has 2 rings (SSSR count). The molecule has 4 heteroatoms. The van der Waals surface area contributed by atoms with Crippen LogP contribution in [0.15, 0.2) is 0 Å². The molecule has 114 valence electrons. The third-order valence-electron chi connectivity index (χ3n) is 5.23. The van der Waals surface area contributed by atoms with E-state index >= 15 is 0 Å². The van der Waals surface area contributed by atoms with Crippen LogP contribution in [0.2, 0.25) is 0 Å². The Kier molecular flexibility index (Phi) is 4.71. The minimum absolute atomic E-state index is 0.0418. The first-order chi connectivity index (χ1) is 9.42. The van der Waals surface area contributed by atoms with Crippen LogP contribution in [0.1, 0.15) is 65.2 Å². The van der Waals surface area contributed by atoms with Gasteiger partial charge in [0.2, 0.25) is 5.91 Å². The largest absolute Gasteiger partial charge is 0.481 e. The molecule has 20 heavy (non-hydrogen) atoms. The molecule has 0 saturated heterocycles. The summed E-state index contributed by atoms with van der Waals surface area (Å²) in [4.78, 5) is 23.9. The first kappa shape index (κ1) is 15.3. The molecule has 0 heterocycles. The fourth-order valence-electron chi connectivity index (χ4n) is 3.87. The third kappa shape index (κ3) is 3.33. The molecule has 2 aliphatic rings. The molecular weight excluding hydrogens is 254 g/mol. The SMILES string of the molecule is CC1(C)CCCC1C(=O)NC1CCCCCC1C(=O)O. The van der Waals surface area contributed by atoms with E-state index in [0.717, 1.165) is 44.9 Å². The summed E-state index contributed by atoms with van der Waals surface area (Å²) in [5.74, 6) is -1.06. The fourth-order valence-corrected chi connectivity index (χ4v) is 3.87. The van der Waals surface area contributed by atoms with Crippen LogP contribution in [0.3, 0.4) is 0 Å². The average molecular weight is 281 g/mol. The lowest BCUT2D eigenvalue weighted by Gasteiger charge is -2.30. The predicted octanol–water partition coefficient (Wildman–Crippen LogP) is 2.96. The minimum Gasteiger partial charge on any atom is -0.481 e. The number of carbonyl (C=O) groups is 2. The molecule has 2 N–H and O–H groups in total. The molecule has 0 spiro atoms. The first-order valence-corrected chi connectivity index (χ1v) is 7.95. The van der Waals surface area contributed by atoms with Crippen molar-refractivity contribution in [1.82, 2.24) is 5.32 Å². The topological polar surface area (TPSA) is 66.4 Å². The van der Waals surface area contributed by atoms with Gasteiger partial charge in [-0.2, -0.15) is 0 Å². The van der Waals surface area contributed by atoms with Gasteiger partial charge in [-0.15, -0.1) is 0 Å². The first-order valence-electron chi connectivity index (χ1n) is 7.95. The number of carboxylic acid groups (broad SMARTS) is 1. The molecule has 4 nitrogen and oxygen atoms in total. The summed E-state index contributed by atoms with van der Waals surface area (Å²) in [7, 11) is 0. The lowest BCUT2D eigenvalue weighted by molar-refractivity contribution is -0.143. The number of hydrogen-bond donors (Lipinski definition) is 2. The molecule has 0 aromatic rings. The van der Waals surface area contributed by atoms with Crippen LogP contribution >= 0.6 is 0 Å². The number of hydrogen-bond acceptors (Lipinski definition) is 2. The minimum atomic E-state index is -0.761. The van der Waals surface area contributed by atoms with Crippen molar-refractivity contribution in [2.75, 3.05) is 0 Å². The Morgan fingerprint density at radius 3 is 2.35 bits per heavy atom. The number of carbonyl (C=O) groups excluding carboxylic acids is 1. The van der Waals surface area contributed by atoms with Crippen molar-refractivity contribution in [2.45, 2.75) is 71.3 Å².